The average Bonchev–Trinajstić information content (AvgIpc) is 2.75. The van der Waals surface area contributed by atoms with Gasteiger partial charge in [0.1, 0.15) is 17.2 Å². The first-order chi connectivity index (χ1) is 10.3. The predicted molar refractivity (Wildman–Crippen MR) is 82.9 cm³/mol. The fraction of sp³-hybridized carbons (Fsp3) is 0.471. The molecule has 0 bridgehead atoms. The number of hydrogen-bond acceptors (Lipinski definition) is 3. The van der Waals surface area contributed by atoms with Gasteiger partial charge in [0.15, 0.2) is 0 Å². The van der Waals surface area contributed by atoms with Crippen LogP contribution in [0.3, 0.4) is 0 Å². The van der Waals surface area contributed by atoms with E-state index < -0.39 is 6.10 Å². The van der Waals surface area contributed by atoms with Crippen molar-refractivity contribution in [1.82, 2.24) is 5.32 Å². The summed E-state index contributed by atoms with van der Waals surface area (Å²) in [4.78, 5) is 11.9. The van der Waals surface area contributed by atoms with Crippen LogP contribution in [0.4, 0.5) is 4.39 Å². The van der Waals surface area contributed by atoms with Gasteiger partial charge in [0.25, 0.3) is 0 Å². The van der Waals surface area contributed by atoms with Crippen LogP contribution in [0.25, 0.3) is 11.0 Å². The zero-order valence-corrected chi connectivity index (χ0v) is 13.3. The maximum atomic E-state index is 13.3. The van der Waals surface area contributed by atoms with Gasteiger partial charge in [-0.05, 0) is 38.0 Å². The summed E-state index contributed by atoms with van der Waals surface area (Å²) in [6, 6.07) is 4.01. The molecule has 2 unspecified atom stereocenters. The van der Waals surface area contributed by atoms with Crippen LogP contribution in [0.1, 0.15) is 44.6 Å². The second kappa shape index (κ2) is 6.48. The molecule has 5 heteroatoms. The van der Waals surface area contributed by atoms with E-state index in [4.69, 9.17) is 4.42 Å². The molecular formula is C17H22FNO3. The topological polar surface area (TPSA) is 62.5 Å². The Bertz CT molecular complexity index is 678. The molecule has 2 N–H and O–H groups in total. The fourth-order valence-corrected chi connectivity index (χ4v) is 2.42. The Morgan fingerprint density at radius 2 is 2.05 bits per heavy atom. The second-order valence-corrected chi connectivity index (χ2v) is 6.04. The number of aliphatic hydroxyl groups excluding tert-OH is 1. The van der Waals surface area contributed by atoms with Crippen molar-refractivity contribution in [3.8, 4) is 0 Å². The molecule has 0 saturated carbocycles. The largest absolute Gasteiger partial charge is 0.459 e. The van der Waals surface area contributed by atoms with Crippen LogP contribution in [0.15, 0.2) is 22.6 Å². The smallest absolute Gasteiger partial charge is 0.223 e. The minimum atomic E-state index is -0.668. The number of benzene rings is 1. The lowest BCUT2D eigenvalue weighted by atomic mass is 10.0. The van der Waals surface area contributed by atoms with Gasteiger partial charge in [-0.2, -0.15) is 0 Å². The van der Waals surface area contributed by atoms with E-state index in [1.807, 2.05) is 20.8 Å². The highest BCUT2D eigenvalue weighted by Crippen LogP contribution is 2.30. The number of rotatable bonds is 5. The molecule has 2 aromatic rings. The third kappa shape index (κ3) is 3.47. The number of halogens is 1. The Morgan fingerprint density at radius 3 is 2.68 bits per heavy atom. The second-order valence-electron chi connectivity index (χ2n) is 6.04. The third-order valence-corrected chi connectivity index (χ3v) is 3.87. The van der Waals surface area contributed by atoms with Crippen LogP contribution in [-0.2, 0) is 4.79 Å². The monoisotopic (exact) mass is 307 g/mol. The van der Waals surface area contributed by atoms with Gasteiger partial charge < -0.3 is 14.8 Å². The van der Waals surface area contributed by atoms with Crippen LogP contribution >= 0.6 is 0 Å². The fourth-order valence-electron chi connectivity index (χ4n) is 2.42. The normalized spacial score (nSPS) is 14.3. The highest BCUT2D eigenvalue weighted by Gasteiger charge is 2.21. The average molecular weight is 307 g/mol. The minimum Gasteiger partial charge on any atom is -0.459 e. The molecule has 0 aliphatic carbocycles. The highest BCUT2D eigenvalue weighted by molar-refractivity contribution is 5.83. The van der Waals surface area contributed by atoms with E-state index in [0.29, 0.717) is 16.7 Å². The molecule has 4 nitrogen and oxygen atoms in total. The van der Waals surface area contributed by atoms with Crippen molar-refractivity contribution in [2.45, 2.75) is 46.3 Å². The number of carbonyl (C=O) groups is 1. The zero-order chi connectivity index (χ0) is 16.4. The number of carbonyl (C=O) groups excluding carboxylic acids is 1. The minimum absolute atomic E-state index is 0.0250. The number of amides is 1. The zero-order valence-electron chi connectivity index (χ0n) is 13.3. The quantitative estimate of drug-likeness (QED) is 0.889. The lowest BCUT2D eigenvalue weighted by molar-refractivity contribution is -0.124. The summed E-state index contributed by atoms with van der Waals surface area (Å²) in [5.74, 6) is 0.0735. The van der Waals surface area contributed by atoms with Crippen molar-refractivity contribution in [2.24, 2.45) is 5.92 Å². The van der Waals surface area contributed by atoms with Crippen molar-refractivity contribution >= 4 is 16.9 Å². The number of hydrogen-bond donors (Lipinski definition) is 2. The summed E-state index contributed by atoms with van der Waals surface area (Å²) in [6.45, 7) is 7.37. The summed E-state index contributed by atoms with van der Waals surface area (Å²) >= 11 is 0. The maximum absolute atomic E-state index is 13.3. The molecule has 120 valence electrons. The van der Waals surface area contributed by atoms with Crippen LogP contribution in [0, 0.1) is 18.7 Å². The van der Waals surface area contributed by atoms with Crippen molar-refractivity contribution in [3.63, 3.8) is 0 Å². The van der Waals surface area contributed by atoms with Gasteiger partial charge in [-0.3, -0.25) is 4.79 Å². The van der Waals surface area contributed by atoms with Gasteiger partial charge in [-0.1, -0.05) is 13.8 Å². The van der Waals surface area contributed by atoms with E-state index in [9.17, 15) is 14.3 Å². The molecule has 0 fully saturated rings. The summed E-state index contributed by atoms with van der Waals surface area (Å²) in [5, 5.41) is 13.3. The molecule has 0 radical (unpaired) electrons. The summed E-state index contributed by atoms with van der Waals surface area (Å²) in [6.07, 6.45) is -0.617. The molecule has 2 rings (SSSR count). The highest BCUT2D eigenvalue weighted by atomic mass is 19.1. The molecule has 22 heavy (non-hydrogen) atoms. The molecule has 0 spiro atoms. The number of furan rings is 1. The molecular weight excluding hydrogens is 285 g/mol. The van der Waals surface area contributed by atoms with Gasteiger partial charge in [0.2, 0.25) is 5.91 Å². The first-order valence-electron chi connectivity index (χ1n) is 7.45. The number of aryl methyl sites for hydroxylation is 1. The molecule has 0 saturated heterocycles. The first-order valence-corrected chi connectivity index (χ1v) is 7.45. The van der Waals surface area contributed by atoms with Gasteiger partial charge in [0.05, 0.1) is 18.6 Å². The number of aliphatic hydroxyl groups is 1. The summed E-state index contributed by atoms with van der Waals surface area (Å²) in [7, 11) is 0. The van der Waals surface area contributed by atoms with Crippen LogP contribution in [0.2, 0.25) is 0 Å². The Labute approximate surface area is 129 Å². The van der Waals surface area contributed by atoms with E-state index in [1.54, 1.807) is 13.0 Å². The number of nitrogens with one attached hydrogen (secondary N) is 1. The van der Waals surface area contributed by atoms with Crippen molar-refractivity contribution in [2.75, 3.05) is 0 Å². The van der Waals surface area contributed by atoms with Crippen molar-refractivity contribution < 1.29 is 18.7 Å². The van der Waals surface area contributed by atoms with E-state index in [2.05, 4.69) is 5.32 Å². The summed E-state index contributed by atoms with van der Waals surface area (Å²) < 4.78 is 19.0. The Kier molecular flexibility index (Phi) is 4.86. The predicted octanol–water partition coefficient (Wildman–Crippen LogP) is 3.46. The van der Waals surface area contributed by atoms with Crippen LogP contribution < -0.4 is 5.32 Å². The van der Waals surface area contributed by atoms with Gasteiger partial charge in [-0.25, -0.2) is 4.39 Å². The summed E-state index contributed by atoms with van der Waals surface area (Å²) in [5.41, 5.74) is 1.41. The molecule has 0 aliphatic rings. The first kappa shape index (κ1) is 16.5. The van der Waals surface area contributed by atoms with E-state index in [-0.39, 0.29) is 30.1 Å². The van der Waals surface area contributed by atoms with Crippen LogP contribution in [0.5, 0.6) is 0 Å². The molecule has 1 heterocycles. The Morgan fingerprint density at radius 1 is 1.36 bits per heavy atom. The Hall–Kier alpha value is -1.88. The third-order valence-electron chi connectivity index (χ3n) is 3.87. The van der Waals surface area contributed by atoms with Gasteiger partial charge >= 0.3 is 0 Å². The van der Waals surface area contributed by atoms with Gasteiger partial charge in [0, 0.05) is 10.9 Å². The van der Waals surface area contributed by atoms with E-state index >= 15 is 0 Å². The molecule has 0 aliphatic heterocycles. The van der Waals surface area contributed by atoms with Crippen molar-refractivity contribution in [3.05, 3.63) is 35.3 Å². The lowest BCUT2D eigenvalue weighted by Gasteiger charge is -2.17. The molecule has 1 aromatic carbocycles. The van der Waals surface area contributed by atoms with E-state index in [1.165, 1.54) is 12.1 Å². The van der Waals surface area contributed by atoms with E-state index in [0.717, 1.165) is 5.56 Å². The van der Waals surface area contributed by atoms with Crippen LogP contribution in [-0.4, -0.2) is 17.1 Å². The standard InChI is InChI=1S/C17H22FNO3/c1-9(2)14(20)8-16(21)19-11(4)17-10(3)13-7-12(18)5-6-15(13)22-17/h5-7,9,11,14,20H,8H2,1-4H3,(H,19,21). The van der Waals surface area contributed by atoms with Crippen molar-refractivity contribution in [1.29, 1.82) is 0 Å². The molecule has 1 amide bonds. The number of fused-ring (bicyclic) bond motifs is 1. The maximum Gasteiger partial charge on any atom is 0.223 e. The Balaban J connectivity index is 2.14. The lowest BCUT2D eigenvalue weighted by Crippen LogP contribution is -2.31. The SMILES string of the molecule is Cc1c(C(C)NC(=O)CC(O)C(C)C)oc2ccc(F)cc12. The molecule has 1 aromatic heterocycles. The molecule has 2 atom stereocenters. The van der Waals surface area contributed by atoms with Gasteiger partial charge in [-0.15, -0.1) is 0 Å².